The molecule has 3 rings (SSSR count). The lowest BCUT2D eigenvalue weighted by Crippen LogP contribution is -2.53. The van der Waals surface area contributed by atoms with Crippen molar-refractivity contribution in [2.75, 3.05) is 31.1 Å². The van der Waals surface area contributed by atoms with Crippen molar-refractivity contribution < 1.29 is 22.7 Å². The zero-order chi connectivity index (χ0) is 17.2. The fourth-order valence-corrected chi connectivity index (χ4v) is 2.93. The predicted octanol–water partition coefficient (Wildman–Crippen LogP) is 2.97. The Hall–Kier alpha value is -2.12. The second-order valence-electron chi connectivity index (χ2n) is 6.09. The largest absolute Gasteiger partial charge is 0.573 e. The Labute approximate surface area is 138 Å². The molecule has 1 N–H and O–H groups in total. The van der Waals surface area contributed by atoms with Crippen LogP contribution in [-0.4, -0.2) is 49.5 Å². The molecule has 2 amide bonds. The van der Waals surface area contributed by atoms with Crippen LogP contribution in [0.15, 0.2) is 24.3 Å². The highest BCUT2D eigenvalue weighted by molar-refractivity contribution is 5.75. The SMILES string of the molecule is O=C(NC1CCN(c2ccc(OC(F)(F)F)cc2)CC1)N1CCC1. The first-order valence-electron chi connectivity index (χ1n) is 8.07. The van der Waals surface area contributed by atoms with E-state index in [-0.39, 0.29) is 17.8 Å². The van der Waals surface area contributed by atoms with Crippen LogP contribution >= 0.6 is 0 Å². The molecule has 24 heavy (non-hydrogen) atoms. The molecule has 5 nitrogen and oxygen atoms in total. The van der Waals surface area contributed by atoms with Crippen LogP contribution in [0.5, 0.6) is 5.75 Å². The number of piperidine rings is 1. The summed E-state index contributed by atoms with van der Waals surface area (Å²) >= 11 is 0. The van der Waals surface area contributed by atoms with E-state index in [1.807, 2.05) is 0 Å². The Balaban J connectivity index is 1.48. The number of ether oxygens (including phenoxy) is 1. The summed E-state index contributed by atoms with van der Waals surface area (Å²) in [5.74, 6) is -0.219. The van der Waals surface area contributed by atoms with E-state index in [9.17, 15) is 18.0 Å². The third-order valence-corrected chi connectivity index (χ3v) is 4.40. The van der Waals surface area contributed by atoms with E-state index in [2.05, 4.69) is 15.0 Å². The number of nitrogens with one attached hydrogen (secondary N) is 1. The van der Waals surface area contributed by atoms with Crippen molar-refractivity contribution in [3.05, 3.63) is 24.3 Å². The van der Waals surface area contributed by atoms with Gasteiger partial charge in [0, 0.05) is 37.9 Å². The lowest BCUT2D eigenvalue weighted by Gasteiger charge is -2.37. The maximum Gasteiger partial charge on any atom is 0.573 e. The second kappa shape index (κ2) is 6.78. The van der Waals surface area contributed by atoms with Crippen LogP contribution in [0.2, 0.25) is 0 Å². The molecule has 2 saturated heterocycles. The third kappa shape index (κ3) is 4.24. The van der Waals surface area contributed by atoms with E-state index < -0.39 is 6.36 Å². The van der Waals surface area contributed by atoms with Gasteiger partial charge in [-0.15, -0.1) is 13.2 Å². The van der Waals surface area contributed by atoms with Gasteiger partial charge in [0.15, 0.2) is 0 Å². The number of urea groups is 1. The fraction of sp³-hybridized carbons (Fsp3) is 0.562. The minimum Gasteiger partial charge on any atom is -0.406 e. The first kappa shape index (κ1) is 16.7. The van der Waals surface area contributed by atoms with E-state index in [0.717, 1.165) is 51.1 Å². The number of rotatable bonds is 3. The van der Waals surface area contributed by atoms with E-state index in [1.54, 1.807) is 17.0 Å². The molecule has 1 aromatic carbocycles. The number of likely N-dealkylation sites (tertiary alicyclic amines) is 1. The first-order chi connectivity index (χ1) is 11.4. The van der Waals surface area contributed by atoms with E-state index in [1.165, 1.54) is 12.1 Å². The van der Waals surface area contributed by atoms with Crippen LogP contribution in [0.25, 0.3) is 0 Å². The normalized spacial score (nSPS) is 19.0. The summed E-state index contributed by atoms with van der Waals surface area (Å²) < 4.78 is 40.4. The number of hydrogen-bond acceptors (Lipinski definition) is 3. The highest BCUT2D eigenvalue weighted by Crippen LogP contribution is 2.26. The Kier molecular flexibility index (Phi) is 4.73. The average Bonchev–Trinajstić information content (AvgIpc) is 2.45. The van der Waals surface area contributed by atoms with Gasteiger partial charge >= 0.3 is 12.4 Å². The van der Waals surface area contributed by atoms with Crippen molar-refractivity contribution in [3.63, 3.8) is 0 Å². The average molecular weight is 343 g/mol. The molecule has 0 unspecified atom stereocenters. The number of amides is 2. The van der Waals surface area contributed by atoms with Crippen LogP contribution in [0.3, 0.4) is 0 Å². The number of nitrogens with zero attached hydrogens (tertiary/aromatic N) is 2. The van der Waals surface area contributed by atoms with Gasteiger partial charge in [-0.3, -0.25) is 0 Å². The van der Waals surface area contributed by atoms with Crippen molar-refractivity contribution in [1.29, 1.82) is 0 Å². The Morgan fingerprint density at radius 1 is 1.08 bits per heavy atom. The molecule has 2 heterocycles. The zero-order valence-corrected chi connectivity index (χ0v) is 13.2. The lowest BCUT2D eigenvalue weighted by molar-refractivity contribution is -0.274. The highest BCUT2D eigenvalue weighted by atomic mass is 19.4. The molecule has 2 aliphatic rings. The molecule has 8 heteroatoms. The Morgan fingerprint density at radius 2 is 1.71 bits per heavy atom. The van der Waals surface area contributed by atoms with Crippen molar-refractivity contribution in [3.8, 4) is 5.75 Å². The number of carbonyl (C=O) groups is 1. The molecule has 0 atom stereocenters. The molecule has 0 spiro atoms. The minimum atomic E-state index is -4.67. The monoisotopic (exact) mass is 343 g/mol. The van der Waals surface area contributed by atoms with Gasteiger partial charge in [-0.1, -0.05) is 0 Å². The van der Waals surface area contributed by atoms with Crippen LogP contribution in [0, 0.1) is 0 Å². The van der Waals surface area contributed by atoms with Crippen LogP contribution in [0.4, 0.5) is 23.7 Å². The van der Waals surface area contributed by atoms with Crippen molar-refractivity contribution in [2.24, 2.45) is 0 Å². The standard InChI is InChI=1S/C16H20F3N3O2/c17-16(18,19)24-14-4-2-13(3-5-14)21-10-6-12(7-11-21)20-15(23)22-8-1-9-22/h2-5,12H,1,6-11H2,(H,20,23). The fourth-order valence-electron chi connectivity index (χ4n) is 2.93. The summed E-state index contributed by atoms with van der Waals surface area (Å²) in [6.07, 6.45) is -1.96. The van der Waals surface area contributed by atoms with E-state index >= 15 is 0 Å². The second-order valence-corrected chi connectivity index (χ2v) is 6.09. The molecule has 0 aliphatic carbocycles. The third-order valence-electron chi connectivity index (χ3n) is 4.40. The van der Waals surface area contributed by atoms with Crippen molar-refractivity contribution in [1.82, 2.24) is 10.2 Å². The molecule has 0 saturated carbocycles. The van der Waals surface area contributed by atoms with Gasteiger partial charge in [0.25, 0.3) is 0 Å². The van der Waals surface area contributed by atoms with Crippen molar-refractivity contribution >= 4 is 11.7 Å². The minimum absolute atomic E-state index is 0.00773. The summed E-state index contributed by atoms with van der Waals surface area (Å²) in [7, 11) is 0. The van der Waals surface area contributed by atoms with Crippen LogP contribution in [-0.2, 0) is 0 Å². The summed E-state index contributed by atoms with van der Waals surface area (Å²) in [6, 6.07) is 6.05. The number of hydrogen-bond donors (Lipinski definition) is 1. The Morgan fingerprint density at radius 3 is 2.21 bits per heavy atom. The van der Waals surface area contributed by atoms with Crippen molar-refractivity contribution in [2.45, 2.75) is 31.7 Å². The summed E-state index contributed by atoms with van der Waals surface area (Å²) in [5.41, 5.74) is 0.858. The molecule has 2 aliphatic heterocycles. The number of anilines is 1. The van der Waals surface area contributed by atoms with Gasteiger partial charge in [-0.25, -0.2) is 4.79 Å². The van der Waals surface area contributed by atoms with Gasteiger partial charge in [-0.05, 0) is 43.5 Å². The highest BCUT2D eigenvalue weighted by Gasteiger charge is 2.31. The zero-order valence-electron chi connectivity index (χ0n) is 13.2. The van der Waals surface area contributed by atoms with Gasteiger partial charge in [-0.2, -0.15) is 0 Å². The number of alkyl halides is 3. The molecule has 0 bridgehead atoms. The number of carbonyl (C=O) groups excluding carboxylic acids is 1. The topological polar surface area (TPSA) is 44.8 Å². The summed E-state index contributed by atoms with van der Waals surface area (Å²) in [5, 5.41) is 3.04. The maximum atomic E-state index is 12.2. The maximum absolute atomic E-state index is 12.2. The van der Waals surface area contributed by atoms with Gasteiger partial charge < -0.3 is 19.9 Å². The summed E-state index contributed by atoms with van der Waals surface area (Å²) in [6.45, 7) is 3.17. The molecule has 1 aromatic rings. The molecular formula is C16H20F3N3O2. The van der Waals surface area contributed by atoms with Crippen LogP contribution in [0.1, 0.15) is 19.3 Å². The quantitative estimate of drug-likeness (QED) is 0.918. The molecule has 2 fully saturated rings. The lowest BCUT2D eigenvalue weighted by atomic mass is 10.0. The number of halogens is 3. The Bertz CT molecular complexity index is 565. The predicted molar refractivity (Wildman–Crippen MR) is 83.1 cm³/mol. The summed E-state index contributed by atoms with van der Waals surface area (Å²) in [4.78, 5) is 15.8. The first-order valence-corrected chi connectivity index (χ1v) is 8.07. The van der Waals surface area contributed by atoms with E-state index in [4.69, 9.17) is 0 Å². The van der Waals surface area contributed by atoms with Crippen LogP contribution < -0.4 is 15.0 Å². The van der Waals surface area contributed by atoms with Gasteiger partial charge in [0.2, 0.25) is 0 Å². The smallest absolute Gasteiger partial charge is 0.406 e. The molecule has 132 valence electrons. The molecule has 0 radical (unpaired) electrons. The van der Waals surface area contributed by atoms with Gasteiger partial charge in [0.1, 0.15) is 5.75 Å². The van der Waals surface area contributed by atoms with Gasteiger partial charge in [0.05, 0.1) is 0 Å². The molecule has 0 aromatic heterocycles. The van der Waals surface area contributed by atoms with E-state index in [0.29, 0.717) is 0 Å². The molecular weight excluding hydrogens is 323 g/mol. The number of benzene rings is 1.